The fourth-order valence-electron chi connectivity index (χ4n) is 2.70. The second-order valence-electron chi connectivity index (χ2n) is 5.42. The molecule has 0 radical (unpaired) electrons. The van der Waals surface area contributed by atoms with Crippen molar-refractivity contribution in [3.8, 4) is 0 Å². The summed E-state index contributed by atoms with van der Waals surface area (Å²) in [5.41, 5.74) is 0.895. The van der Waals surface area contributed by atoms with Crippen LogP contribution in [0.2, 0.25) is 0 Å². The van der Waals surface area contributed by atoms with Crippen molar-refractivity contribution in [3.05, 3.63) is 27.9 Å². The van der Waals surface area contributed by atoms with Gasteiger partial charge in [-0.2, -0.15) is 0 Å². The van der Waals surface area contributed by atoms with Crippen molar-refractivity contribution in [2.24, 2.45) is 0 Å². The van der Waals surface area contributed by atoms with Crippen LogP contribution < -0.4 is 4.90 Å². The molecule has 2 rings (SSSR count). The van der Waals surface area contributed by atoms with Gasteiger partial charge in [-0.05, 0) is 19.4 Å². The van der Waals surface area contributed by atoms with Crippen molar-refractivity contribution in [1.29, 1.82) is 0 Å². The van der Waals surface area contributed by atoms with Gasteiger partial charge in [0.15, 0.2) is 0 Å². The second kappa shape index (κ2) is 6.82. The Hall–Kier alpha value is -1.73. The standard InChI is InChI=1S/C14H22N4O3/c1-11-8-13(18(19)20)9-15-14(11)17-6-4-16(5-7-17)12(2)10-21-3/h8-9,12H,4-7,10H2,1-3H3/t12-/m0/s1. The molecule has 0 unspecified atom stereocenters. The van der Waals surface area contributed by atoms with Crippen LogP contribution in [-0.4, -0.2) is 60.7 Å². The Morgan fingerprint density at radius 2 is 2.10 bits per heavy atom. The van der Waals surface area contributed by atoms with Crippen molar-refractivity contribution in [2.45, 2.75) is 19.9 Å². The fraction of sp³-hybridized carbons (Fsp3) is 0.643. The number of ether oxygens (including phenoxy) is 1. The lowest BCUT2D eigenvalue weighted by Crippen LogP contribution is -2.51. The van der Waals surface area contributed by atoms with Gasteiger partial charge in [-0.1, -0.05) is 0 Å². The van der Waals surface area contributed by atoms with E-state index in [2.05, 4.69) is 21.7 Å². The quantitative estimate of drug-likeness (QED) is 0.604. The van der Waals surface area contributed by atoms with Gasteiger partial charge >= 0.3 is 0 Å². The van der Waals surface area contributed by atoms with Crippen LogP contribution in [-0.2, 0) is 4.74 Å². The molecular formula is C14H22N4O3. The van der Waals surface area contributed by atoms with Gasteiger partial charge in [0.2, 0.25) is 0 Å². The molecule has 0 bridgehead atoms. The number of pyridine rings is 1. The number of nitro groups is 1. The zero-order valence-corrected chi connectivity index (χ0v) is 12.8. The molecule has 0 spiro atoms. The lowest BCUT2D eigenvalue weighted by molar-refractivity contribution is -0.385. The summed E-state index contributed by atoms with van der Waals surface area (Å²) >= 11 is 0. The van der Waals surface area contributed by atoms with E-state index >= 15 is 0 Å². The summed E-state index contributed by atoms with van der Waals surface area (Å²) in [6.07, 6.45) is 1.34. The second-order valence-corrected chi connectivity index (χ2v) is 5.42. The molecule has 1 fully saturated rings. The van der Waals surface area contributed by atoms with Gasteiger partial charge in [0.05, 0.1) is 11.5 Å². The van der Waals surface area contributed by atoms with E-state index in [1.54, 1.807) is 13.2 Å². The predicted molar refractivity (Wildman–Crippen MR) is 80.8 cm³/mol. The van der Waals surface area contributed by atoms with Crippen molar-refractivity contribution < 1.29 is 9.66 Å². The Morgan fingerprint density at radius 3 is 2.62 bits per heavy atom. The van der Waals surface area contributed by atoms with E-state index < -0.39 is 4.92 Å². The highest BCUT2D eigenvalue weighted by molar-refractivity contribution is 5.50. The minimum Gasteiger partial charge on any atom is -0.383 e. The van der Waals surface area contributed by atoms with Crippen LogP contribution in [0.3, 0.4) is 0 Å². The Kier molecular flexibility index (Phi) is 5.08. The molecule has 0 saturated carbocycles. The van der Waals surface area contributed by atoms with Gasteiger partial charge in [-0.25, -0.2) is 4.98 Å². The number of hydrogen-bond donors (Lipinski definition) is 0. The number of nitrogens with zero attached hydrogens (tertiary/aromatic N) is 4. The molecule has 0 aliphatic carbocycles. The molecule has 21 heavy (non-hydrogen) atoms. The van der Waals surface area contributed by atoms with Gasteiger partial charge in [-0.3, -0.25) is 15.0 Å². The topological polar surface area (TPSA) is 71.7 Å². The molecule has 1 aliphatic rings. The molecule has 1 atom stereocenters. The van der Waals surface area contributed by atoms with Gasteiger partial charge in [0.25, 0.3) is 5.69 Å². The number of aryl methyl sites for hydroxylation is 1. The van der Waals surface area contributed by atoms with E-state index in [1.807, 2.05) is 6.92 Å². The van der Waals surface area contributed by atoms with Gasteiger partial charge in [-0.15, -0.1) is 0 Å². The van der Waals surface area contributed by atoms with E-state index in [9.17, 15) is 10.1 Å². The summed E-state index contributed by atoms with van der Waals surface area (Å²) in [6, 6.07) is 1.99. The van der Waals surface area contributed by atoms with Gasteiger partial charge in [0, 0.05) is 45.4 Å². The summed E-state index contributed by atoms with van der Waals surface area (Å²) in [4.78, 5) is 19.2. The van der Waals surface area contributed by atoms with E-state index in [0.29, 0.717) is 6.04 Å². The Labute approximate surface area is 124 Å². The maximum Gasteiger partial charge on any atom is 0.287 e. The maximum atomic E-state index is 10.8. The van der Waals surface area contributed by atoms with Crippen LogP contribution in [0.5, 0.6) is 0 Å². The molecule has 1 aliphatic heterocycles. The molecule has 0 N–H and O–H groups in total. The Balaban J connectivity index is 2.00. The predicted octanol–water partition coefficient (Wildman–Crippen LogP) is 1.46. The molecule has 1 aromatic rings. The van der Waals surface area contributed by atoms with Gasteiger partial charge in [0.1, 0.15) is 12.0 Å². The van der Waals surface area contributed by atoms with E-state index in [-0.39, 0.29) is 5.69 Å². The van der Waals surface area contributed by atoms with Crippen LogP contribution in [0.4, 0.5) is 11.5 Å². The van der Waals surface area contributed by atoms with Crippen LogP contribution in [0.15, 0.2) is 12.3 Å². The third kappa shape index (κ3) is 3.68. The summed E-state index contributed by atoms with van der Waals surface area (Å²) in [6.45, 7) is 8.41. The first-order chi connectivity index (χ1) is 10.0. The highest BCUT2D eigenvalue weighted by atomic mass is 16.6. The SMILES string of the molecule is COC[C@H](C)N1CCN(c2ncc([N+](=O)[O-])cc2C)CC1. The molecule has 116 valence electrons. The molecule has 7 heteroatoms. The lowest BCUT2D eigenvalue weighted by atomic mass is 10.2. The van der Waals surface area contributed by atoms with Crippen LogP contribution in [0, 0.1) is 17.0 Å². The lowest BCUT2D eigenvalue weighted by Gasteiger charge is -2.38. The minimum absolute atomic E-state index is 0.0450. The maximum absolute atomic E-state index is 10.8. The average Bonchev–Trinajstić information content (AvgIpc) is 2.47. The van der Waals surface area contributed by atoms with E-state index in [1.165, 1.54) is 6.20 Å². The largest absolute Gasteiger partial charge is 0.383 e. The molecule has 0 aromatic carbocycles. The number of aromatic nitrogens is 1. The first kappa shape index (κ1) is 15.7. The highest BCUT2D eigenvalue weighted by Crippen LogP contribution is 2.23. The number of methoxy groups -OCH3 is 1. The number of anilines is 1. The minimum atomic E-state index is -0.409. The summed E-state index contributed by atoms with van der Waals surface area (Å²) < 4.78 is 5.19. The zero-order valence-electron chi connectivity index (χ0n) is 12.8. The van der Waals surface area contributed by atoms with Crippen LogP contribution in [0.25, 0.3) is 0 Å². The Morgan fingerprint density at radius 1 is 1.43 bits per heavy atom. The highest BCUT2D eigenvalue weighted by Gasteiger charge is 2.23. The summed E-state index contributed by atoms with van der Waals surface area (Å²) in [5.74, 6) is 0.847. The van der Waals surface area contributed by atoms with Crippen molar-refractivity contribution in [3.63, 3.8) is 0 Å². The number of hydrogen-bond acceptors (Lipinski definition) is 6. The zero-order chi connectivity index (χ0) is 15.4. The average molecular weight is 294 g/mol. The summed E-state index contributed by atoms with van der Waals surface area (Å²) in [5, 5.41) is 10.8. The Bertz CT molecular complexity index is 501. The smallest absolute Gasteiger partial charge is 0.287 e. The first-order valence-corrected chi connectivity index (χ1v) is 7.12. The van der Waals surface area contributed by atoms with Crippen molar-refractivity contribution >= 4 is 11.5 Å². The third-order valence-electron chi connectivity index (χ3n) is 3.89. The van der Waals surface area contributed by atoms with Crippen LogP contribution in [0.1, 0.15) is 12.5 Å². The van der Waals surface area contributed by atoms with Crippen molar-refractivity contribution in [1.82, 2.24) is 9.88 Å². The third-order valence-corrected chi connectivity index (χ3v) is 3.89. The molecular weight excluding hydrogens is 272 g/mol. The van der Waals surface area contributed by atoms with Crippen LogP contribution >= 0.6 is 0 Å². The molecule has 0 amide bonds. The fourth-order valence-corrected chi connectivity index (χ4v) is 2.70. The molecule has 7 nitrogen and oxygen atoms in total. The summed E-state index contributed by atoms with van der Waals surface area (Å²) in [7, 11) is 1.72. The monoisotopic (exact) mass is 294 g/mol. The molecule has 1 saturated heterocycles. The number of piperazine rings is 1. The van der Waals surface area contributed by atoms with Crippen molar-refractivity contribution in [2.75, 3.05) is 44.8 Å². The van der Waals surface area contributed by atoms with E-state index in [0.717, 1.165) is 44.2 Å². The number of rotatable bonds is 5. The molecule has 1 aromatic heterocycles. The normalized spacial score (nSPS) is 17.8. The molecule has 2 heterocycles. The van der Waals surface area contributed by atoms with E-state index in [4.69, 9.17) is 4.74 Å². The first-order valence-electron chi connectivity index (χ1n) is 7.12. The van der Waals surface area contributed by atoms with Gasteiger partial charge < -0.3 is 9.64 Å².